The van der Waals surface area contributed by atoms with Crippen LogP contribution < -0.4 is 14.8 Å². The molecule has 0 fully saturated rings. The molecule has 1 N–H and O–H groups in total. The zero-order valence-corrected chi connectivity index (χ0v) is 8.24. The quantitative estimate of drug-likeness (QED) is 0.720. The Hall–Kier alpha value is -1.71. The van der Waals surface area contributed by atoms with Crippen molar-refractivity contribution in [1.82, 2.24) is 0 Å². The summed E-state index contributed by atoms with van der Waals surface area (Å²) in [5.74, 6) is 1.38. The van der Waals surface area contributed by atoms with Crippen LogP contribution in [0.4, 0.5) is 5.69 Å². The van der Waals surface area contributed by atoms with E-state index in [1.807, 2.05) is 0 Å². The van der Waals surface area contributed by atoms with Crippen LogP contribution in [-0.2, 0) is 4.79 Å². The van der Waals surface area contributed by atoms with E-state index in [2.05, 4.69) is 5.32 Å². The van der Waals surface area contributed by atoms with Crippen molar-refractivity contribution in [2.45, 2.75) is 0 Å². The van der Waals surface area contributed by atoms with E-state index in [4.69, 9.17) is 9.47 Å². The largest absolute Gasteiger partial charge is 0.497 e. The van der Waals surface area contributed by atoms with Gasteiger partial charge in [-0.25, -0.2) is 0 Å². The Balaban J connectivity index is 2.87. The molecule has 0 radical (unpaired) electrons. The third kappa shape index (κ3) is 2.39. The van der Waals surface area contributed by atoms with E-state index in [1.165, 1.54) is 0 Å². The molecule has 0 unspecified atom stereocenters. The van der Waals surface area contributed by atoms with Gasteiger partial charge in [0, 0.05) is 6.07 Å². The van der Waals surface area contributed by atoms with E-state index < -0.39 is 0 Å². The van der Waals surface area contributed by atoms with Crippen molar-refractivity contribution < 1.29 is 14.3 Å². The summed E-state index contributed by atoms with van der Waals surface area (Å²) in [4.78, 5) is 10.2. The number of carbonyl (C=O) groups excluding carboxylic acids is 1. The van der Waals surface area contributed by atoms with Crippen LogP contribution in [0.25, 0.3) is 0 Å². The molecule has 0 aliphatic heterocycles. The van der Waals surface area contributed by atoms with Gasteiger partial charge in [-0.15, -0.1) is 0 Å². The number of methoxy groups -OCH3 is 2. The number of ether oxygens (including phenoxy) is 2. The highest BCUT2D eigenvalue weighted by molar-refractivity contribution is 5.65. The normalized spacial score (nSPS) is 9.29. The molecular formula is C10H13NO3. The van der Waals surface area contributed by atoms with Crippen molar-refractivity contribution in [2.24, 2.45) is 0 Å². The van der Waals surface area contributed by atoms with Crippen LogP contribution in [-0.4, -0.2) is 27.1 Å². The Morgan fingerprint density at radius 1 is 1.36 bits per heavy atom. The molecule has 0 aromatic heterocycles. The minimum atomic E-state index is 0.267. The van der Waals surface area contributed by atoms with Crippen LogP contribution in [0.3, 0.4) is 0 Å². The Labute approximate surface area is 82.8 Å². The molecule has 1 aromatic rings. The molecule has 0 spiro atoms. The summed E-state index contributed by atoms with van der Waals surface area (Å²) in [6.45, 7) is 0.267. The molecule has 14 heavy (non-hydrogen) atoms. The number of rotatable bonds is 5. The molecule has 0 bridgehead atoms. The zero-order valence-electron chi connectivity index (χ0n) is 8.24. The van der Waals surface area contributed by atoms with Crippen LogP contribution >= 0.6 is 0 Å². The molecule has 4 heteroatoms. The van der Waals surface area contributed by atoms with E-state index in [9.17, 15) is 4.79 Å². The van der Waals surface area contributed by atoms with E-state index in [0.29, 0.717) is 5.75 Å². The molecule has 0 saturated carbocycles. The van der Waals surface area contributed by atoms with Gasteiger partial charge in [0.1, 0.15) is 17.8 Å². The van der Waals surface area contributed by atoms with Crippen LogP contribution in [0.5, 0.6) is 11.5 Å². The summed E-state index contributed by atoms with van der Waals surface area (Å²) in [5.41, 5.74) is 0.778. The average Bonchev–Trinajstić information content (AvgIpc) is 2.26. The molecule has 1 aromatic carbocycles. The van der Waals surface area contributed by atoms with Gasteiger partial charge in [0.15, 0.2) is 0 Å². The van der Waals surface area contributed by atoms with Gasteiger partial charge in [-0.1, -0.05) is 0 Å². The van der Waals surface area contributed by atoms with Gasteiger partial charge in [-0.3, -0.25) is 0 Å². The summed E-state index contributed by atoms with van der Waals surface area (Å²) >= 11 is 0. The Kier molecular flexibility index (Phi) is 3.79. The van der Waals surface area contributed by atoms with Crippen LogP contribution in [0.15, 0.2) is 18.2 Å². The van der Waals surface area contributed by atoms with Crippen LogP contribution in [0, 0.1) is 0 Å². The zero-order chi connectivity index (χ0) is 10.4. The minimum Gasteiger partial charge on any atom is -0.497 e. The van der Waals surface area contributed by atoms with Crippen molar-refractivity contribution in [2.75, 3.05) is 26.1 Å². The lowest BCUT2D eigenvalue weighted by Gasteiger charge is -2.10. The minimum absolute atomic E-state index is 0.267. The molecule has 0 aliphatic carbocycles. The molecule has 0 heterocycles. The topological polar surface area (TPSA) is 47.6 Å². The molecule has 1 rings (SSSR count). The van der Waals surface area contributed by atoms with Crippen molar-refractivity contribution >= 4 is 12.0 Å². The third-order valence-corrected chi connectivity index (χ3v) is 1.78. The van der Waals surface area contributed by atoms with Gasteiger partial charge in [0.05, 0.1) is 26.5 Å². The van der Waals surface area contributed by atoms with Gasteiger partial charge >= 0.3 is 0 Å². The third-order valence-electron chi connectivity index (χ3n) is 1.78. The number of aldehydes is 1. The predicted octanol–water partition coefficient (Wildman–Crippen LogP) is 1.31. The van der Waals surface area contributed by atoms with E-state index in [-0.39, 0.29) is 6.54 Å². The number of carbonyl (C=O) groups is 1. The second-order valence-electron chi connectivity index (χ2n) is 2.61. The first kappa shape index (κ1) is 10.4. The Bertz CT molecular complexity index is 312. The summed E-state index contributed by atoms with van der Waals surface area (Å²) in [6, 6.07) is 5.37. The first-order valence-electron chi connectivity index (χ1n) is 4.21. The van der Waals surface area contributed by atoms with E-state index >= 15 is 0 Å². The second-order valence-corrected chi connectivity index (χ2v) is 2.61. The van der Waals surface area contributed by atoms with Crippen LogP contribution in [0.2, 0.25) is 0 Å². The summed E-state index contributed by atoms with van der Waals surface area (Å²) in [6.07, 6.45) is 0.795. The summed E-state index contributed by atoms with van der Waals surface area (Å²) in [5, 5.41) is 2.92. The monoisotopic (exact) mass is 195 g/mol. The summed E-state index contributed by atoms with van der Waals surface area (Å²) < 4.78 is 10.2. The van der Waals surface area contributed by atoms with Gasteiger partial charge in [-0.2, -0.15) is 0 Å². The van der Waals surface area contributed by atoms with Crippen LogP contribution in [0.1, 0.15) is 0 Å². The maximum absolute atomic E-state index is 10.2. The molecule has 4 nitrogen and oxygen atoms in total. The fourth-order valence-corrected chi connectivity index (χ4v) is 1.10. The first-order chi connectivity index (χ1) is 6.81. The fraction of sp³-hybridized carbons (Fsp3) is 0.300. The number of nitrogens with one attached hydrogen (secondary N) is 1. The smallest absolute Gasteiger partial charge is 0.145 e. The van der Waals surface area contributed by atoms with Crippen molar-refractivity contribution in [3.05, 3.63) is 18.2 Å². The van der Waals surface area contributed by atoms with E-state index in [1.54, 1.807) is 32.4 Å². The Morgan fingerprint density at radius 3 is 2.71 bits per heavy atom. The standard InChI is InChI=1S/C10H13NO3/c1-13-8-3-4-9(11-5-6-12)10(7-8)14-2/h3-4,6-7,11H,5H2,1-2H3. The van der Waals surface area contributed by atoms with Gasteiger partial charge < -0.3 is 19.6 Å². The van der Waals surface area contributed by atoms with Crippen molar-refractivity contribution in [3.8, 4) is 11.5 Å². The Morgan fingerprint density at radius 2 is 2.14 bits per heavy atom. The van der Waals surface area contributed by atoms with Crippen molar-refractivity contribution in [3.63, 3.8) is 0 Å². The lowest BCUT2D eigenvalue weighted by molar-refractivity contribution is -0.106. The predicted molar refractivity (Wildman–Crippen MR) is 54.1 cm³/mol. The number of benzene rings is 1. The maximum atomic E-state index is 10.2. The highest BCUT2D eigenvalue weighted by atomic mass is 16.5. The highest BCUT2D eigenvalue weighted by Gasteiger charge is 2.03. The van der Waals surface area contributed by atoms with Crippen molar-refractivity contribution in [1.29, 1.82) is 0 Å². The second kappa shape index (κ2) is 5.11. The first-order valence-corrected chi connectivity index (χ1v) is 4.21. The molecular weight excluding hydrogens is 182 g/mol. The molecule has 0 atom stereocenters. The SMILES string of the molecule is COc1ccc(NCC=O)c(OC)c1. The van der Waals surface area contributed by atoms with Gasteiger partial charge in [0.25, 0.3) is 0 Å². The van der Waals surface area contributed by atoms with Gasteiger partial charge in [-0.05, 0) is 12.1 Å². The molecule has 0 amide bonds. The average molecular weight is 195 g/mol. The molecule has 76 valence electrons. The van der Waals surface area contributed by atoms with E-state index in [0.717, 1.165) is 17.7 Å². The fourth-order valence-electron chi connectivity index (χ4n) is 1.10. The molecule has 0 aliphatic rings. The summed E-state index contributed by atoms with van der Waals surface area (Å²) in [7, 11) is 3.16. The maximum Gasteiger partial charge on any atom is 0.145 e. The number of anilines is 1. The molecule has 0 saturated heterocycles. The highest BCUT2D eigenvalue weighted by Crippen LogP contribution is 2.28. The number of hydrogen-bond donors (Lipinski definition) is 1. The number of hydrogen-bond acceptors (Lipinski definition) is 4. The lowest BCUT2D eigenvalue weighted by atomic mass is 10.2. The van der Waals surface area contributed by atoms with Gasteiger partial charge in [0.2, 0.25) is 0 Å². The lowest BCUT2D eigenvalue weighted by Crippen LogP contribution is -2.03.